The van der Waals surface area contributed by atoms with Gasteiger partial charge in [0.25, 0.3) is 11.8 Å². The molecule has 45 heavy (non-hydrogen) atoms. The summed E-state index contributed by atoms with van der Waals surface area (Å²) in [5, 5.41) is 6.46. The highest BCUT2D eigenvalue weighted by molar-refractivity contribution is 6.11. The quantitative estimate of drug-likeness (QED) is 0.302. The Morgan fingerprint density at radius 2 is 1.53 bits per heavy atom. The van der Waals surface area contributed by atoms with Crippen molar-refractivity contribution in [3.8, 4) is 11.5 Å². The summed E-state index contributed by atoms with van der Waals surface area (Å²) in [7, 11) is 4.19. The van der Waals surface area contributed by atoms with E-state index in [1.54, 1.807) is 0 Å². The Labute approximate surface area is 280 Å². The zero-order valence-electron chi connectivity index (χ0n) is 26.8. The average Bonchev–Trinajstić information content (AvgIpc) is 3.02. The Kier molecular flexibility index (Phi) is 13.7. The molecule has 2 aromatic rings. The van der Waals surface area contributed by atoms with Gasteiger partial charge in [-0.05, 0) is 103 Å². The molecule has 3 aliphatic rings. The standard InChI is InChI=1S/C34H45N5O4.2ClH/c1-5-42-30-17-14-26(24-31(30)43-6-2)32-28-10-7-8-11-29(28)34(41)39(35-32)27-15-12-25(13-16-27)33(40)38-22-20-37(21-23-38)19-9-18-36(3)4;;/h7-8,12-17,24,28-29H,5-6,9-11,18-23H2,1-4H3;2*1H/t28-,29+;;/m0../s1. The molecule has 11 heteroatoms. The molecule has 246 valence electrons. The van der Waals surface area contributed by atoms with Gasteiger partial charge in [-0.3, -0.25) is 14.5 Å². The molecule has 0 radical (unpaired) electrons. The van der Waals surface area contributed by atoms with Crippen LogP contribution in [0.2, 0.25) is 0 Å². The number of benzene rings is 2. The normalized spacial score (nSPS) is 19.8. The van der Waals surface area contributed by atoms with E-state index in [4.69, 9.17) is 14.6 Å². The molecular formula is C34H47Cl2N5O4. The second-order valence-electron chi connectivity index (χ2n) is 11.7. The van der Waals surface area contributed by atoms with Crippen LogP contribution in [-0.2, 0) is 4.79 Å². The number of hydrogen-bond acceptors (Lipinski definition) is 7. The highest BCUT2D eigenvalue weighted by atomic mass is 35.5. The molecule has 0 bridgehead atoms. The van der Waals surface area contributed by atoms with Gasteiger partial charge in [0.05, 0.1) is 30.5 Å². The molecule has 5 rings (SSSR count). The minimum Gasteiger partial charge on any atom is -0.490 e. The van der Waals surface area contributed by atoms with Crippen LogP contribution in [0, 0.1) is 11.8 Å². The van der Waals surface area contributed by atoms with Crippen LogP contribution in [0.1, 0.15) is 49.0 Å². The number of carbonyl (C=O) groups is 2. The number of hydrazone groups is 1. The van der Waals surface area contributed by atoms with Crippen molar-refractivity contribution in [2.24, 2.45) is 16.9 Å². The summed E-state index contributed by atoms with van der Waals surface area (Å²) in [6.07, 6.45) is 6.80. The van der Waals surface area contributed by atoms with Crippen LogP contribution in [0.3, 0.4) is 0 Å². The first-order valence-electron chi connectivity index (χ1n) is 15.6. The van der Waals surface area contributed by atoms with Crippen molar-refractivity contribution >= 4 is 48.0 Å². The molecule has 9 nitrogen and oxygen atoms in total. The van der Waals surface area contributed by atoms with Gasteiger partial charge in [-0.15, -0.1) is 24.8 Å². The third-order valence-electron chi connectivity index (χ3n) is 8.45. The maximum Gasteiger partial charge on any atom is 0.253 e. The molecule has 2 atom stereocenters. The maximum atomic E-state index is 13.7. The highest BCUT2D eigenvalue weighted by Crippen LogP contribution is 2.38. The second-order valence-corrected chi connectivity index (χ2v) is 11.7. The largest absolute Gasteiger partial charge is 0.490 e. The fraction of sp³-hybridized carbons (Fsp3) is 0.500. The summed E-state index contributed by atoms with van der Waals surface area (Å²) in [5.74, 6) is 1.18. The fourth-order valence-corrected chi connectivity index (χ4v) is 6.16. The molecule has 0 spiro atoms. The first-order chi connectivity index (χ1) is 20.9. The Bertz CT molecular complexity index is 1340. The summed E-state index contributed by atoms with van der Waals surface area (Å²) in [6, 6.07) is 13.2. The van der Waals surface area contributed by atoms with E-state index >= 15 is 0 Å². The number of amides is 2. The topological polar surface area (TPSA) is 77.9 Å². The third kappa shape index (κ3) is 8.58. The highest BCUT2D eigenvalue weighted by Gasteiger charge is 2.41. The molecule has 2 heterocycles. The molecule has 2 amide bonds. The summed E-state index contributed by atoms with van der Waals surface area (Å²) < 4.78 is 11.7. The number of allylic oxidation sites excluding steroid dienone is 2. The molecule has 1 saturated heterocycles. The zero-order chi connectivity index (χ0) is 30.3. The van der Waals surface area contributed by atoms with Crippen molar-refractivity contribution in [3.05, 3.63) is 65.7 Å². The minimum absolute atomic E-state index is 0. The van der Waals surface area contributed by atoms with E-state index in [0.717, 1.165) is 63.4 Å². The lowest BCUT2D eigenvalue weighted by Crippen LogP contribution is -2.49. The fourth-order valence-electron chi connectivity index (χ4n) is 6.16. The molecule has 0 saturated carbocycles. The first-order valence-corrected chi connectivity index (χ1v) is 15.6. The van der Waals surface area contributed by atoms with E-state index in [-0.39, 0.29) is 48.5 Å². The Balaban J connectivity index is 0.00000276. The van der Waals surface area contributed by atoms with Crippen LogP contribution in [-0.4, -0.2) is 98.8 Å². The average molecular weight is 661 g/mol. The smallest absolute Gasteiger partial charge is 0.253 e. The second kappa shape index (κ2) is 17.0. The van der Waals surface area contributed by atoms with Crippen LogP contribution in [0.5, 0.6) is 11.5 Å². The zero-order valence-corrected chi connectivity index (χ0v) is 28.4. The van der Waals surface area contributed by atoms with Gasteiger partial charge in [-0.25, -0.2) is 5.01 Å². The Morgan fingerprint density at radius 1 is 0.889 bits per heavy atom. The number of nitrogens with zero attached hydrogens (tertiary/aromatic N) is 5. The van der Waals surface area contributed by atoms with Crippen molar-refractivity contribution in [1.29, 1.82) is 0 Å². The van der Waals surface area contributed by atoms with Crippen molar-refractivity contribution < 1.29 is 19.1 Å². The van der Waals surface area contributed by atoms with Gasteiger partial charge < -0.3 is 19.3 Å². The van der Waals surface area contributed by atoms with Crippen LogP contribution in [0.4, 0.5) is 5.69 Å². The minimum atomic E-state index is -0.199. The Hall–Kier alpha value is -3.11. The summed E-state index contributed by atoms with van der Waals surface area (Å²) in [5.41, 5.74) is 3.07. The van der Waals surface area contributed by atoms with Gasteiger partial charge in [-0.2, -0.15) is 5.10 Å². The van der Waals surface area contributed by atoms with E-state index in [1.807, 2.05) is 61.2 Å². The molecule has 1 aliphatic carbocycles. The lowest BCUT2D eigenvalue weighted by Gasteiger charge is -2.37. The number of anilines is 1. The summed E-state index contributed by atoms with van der Waals surface area (Å²) in [6.45, 7) is 10.3. The molecule has 0 unspecified atom stereocenters. The predicted molar refractivity (Wildman–Crippen MR) is 185 cm³/mol. The van der Waals surface area contributed by atoms with Gasteiger partial charge in [0.1, 0.15) is 0 Å². The van der Waals surface area contributed by atoms with Crippen LogP contribution < -0.4 is 14.5 Å². The van der Waals surface area contributed by atoms with Gasteiger partial charge in [0, 0.05) is 43.2 Å². The third-order valence-corrected chi connectivity index (χ3v) is 8.45. The van der Waals surface area contributed by atoms with Gasteiger partial charge in [0.2, 0.25) is 0 Å². The lowest BCUT2D eigenvalue weighted by atomic mass is 9.76. The van der Waals surface area contributed by atoms with Gasteiger partial charge in [-0.1, -0.05) is 12.2 Å². The number of carbonyl (C=O) groups excluding carboxylic acids is 2. The first kappa shape index (κ1) is 36.4. The van der Waals surface area contributed by atoms with E-state index in [0.29, 0.717) is 42.4 Å². The number of fused-ring (bicyclic) bond motifs is 1. The van der Waals surface area contributed by atoms with Crippen molar-refractivity contribution in [2.45, 2.75) is 33.1 Å². The van der Waals surface area contributed by atoms with Gasteiger partial charge in [0.15, 0.2) is 11.5 Å². The number of halogens is 2. The molecule has 2 aliphatic heterocycles. The van der Waals surface area contributed by atoms with Crippen LogP contribution in [0.15, 0.2) is 59.7 Å². The van der Waals surface area contributed by atoms with Crippen molar-refractivity contribution in [2.75, 3.05) is 71.6 Å². The molecule has 2 aromatic carbocycles. The van der Waals surface area contributed by atoms with Gasteiger partial charge >= 0.3 is 0 Å². The number of rotatable bonds is 11. The number of ether oxygens (including phenoxy) is 2. The maximum absolute atomic E-state index is 13.7. The summed E-state index contributed by atoms with van der Waals surface area (Å²) in [4.78, 5) is 33.6. The van der Waals surface area contributed by atoms with Crippen molar-refractivity contribution in [1.82, 2.24) is 14.7 Å². The summed E-state index contributed by atoms with van der Waals surface area (Å²) >= 11 is 0. The number of hydrogen-bond donors (Lipinski definition) is 0. The monoisotopic (exact) mass is 659 g/mol. The molecule has 0 aromatic heterocycles. The molecule has 1 fully saturated rings. The molecule has 0 N–H and O–H groups in total. The number of piperazine rings is 1. The van der Waals surface area contributed by atoms with Crippen molar-refractivity contribution in [3.63, 3.8) is 0 Å². The van der Waals surface area contributed by atoms with E-state index in [9.17, 15) is 9.59 Å². The van der Waals surface area contributed by atoms with Crippen LogP contribution >= 0.6 is 24.8 Å². The Morgan fingerprint density at radius 3 is 2.18 bits per heavy atom. The van der Waals surface area contributed by atoms with Crippen LogP contribution in [0.25, 0.3) is 0 Å². The van der Waals surface area contributed by atoms with E-state index in [2.05, 4.69) is 36.0 Å². The van der Waals surface area contributed by atoms with E-state index < -0.39 is 0 Å². The predicted octanol–water partition coefficient (Wildman–Crippen LogP) is 5.37. The SMILES string of the molecule is CCOc1ccc(C2=NN(c3ccc(C(=O)N4CCN(CCCN(C)C)CC4)cc3)C(=O)[C@@H]3CC=CC[C@H]23)cc1OCC.Cl.Cl. The lowest BCUT2D eigenvalue weighted by molar-refractivity contribution is -0.123. The van der Waals surface area contributed by atoms with E-state index in [1.165, 1.54) is 5.01 Å². The molecular weight excluding hydrogens is 613 g/mol.